The smallest absolute Gasteiger partial charge is 0.0286 e. The quantitative estimate of drug-likeness (QED) is 0.361. The van der Waals surface area contributed by atoms with Crippen molar-refractivity contribution in [1.29, 1.82) is 0 Å². The van der Waals surface area contributed by atoms with Crippen LogP contribution in [0.15, 0.2) is 10.2 Å². The molecule has 1 saturated carbocycles. The molecule has 0 N–H and O–H groups in total. The van der Waals surface area contributed by atoms with Gasteiger partial charge in [0, 0.05) is 22.9 Å². The highest BCUT2D eigenvalue weighted by atomic mass is 15.1. The molecule has 0 unspecified atom stereocenters. The van der Waals surface area contributed by atoms with Crippen LogP contribution < -0.4 is 0 Å². The number of hydrogen-bond donors (Lipinski definition) is 0. The summed E-state index contributed by atoms with van der Waals surface area (Å²) in [6, 6.07) is 0. The first kappa shape index (κ1) is 9.71. The van der Waals surface area contributed by atoms with Gasteiger partial charge in [0.05, 0.1) is 0 Å². The second-order valence-electron chi connectivity index (χ2n) is 3.37. The van der Waals surface area contributed by atoms with Crippen molar-refractivity contribution in [1.82, 2.24) is 0 Å². The van der Waals surface area contributed by atoms with Gasteiger partial charge in [-0.1, -0.05) is 23.1 Å². The Balaban J connectivity index is 2.27. The van der Waals surface area contributed by atoms with Crippen molar-refractivity contribution in [2.45, 2.75) is 19.3 Å². The van der Waals surface area contributed by atoms with Crippen LogP contribution in [0, 0.1) is 11.8 Å². The molecule has 1 aliphatic carbocycles. The van der Waals surface area contributed by atoms with Crippen LogP contribution in [-0.2, 0) is 0 Å². The summed E-state index contributed by atoms with van der Waals surface area (Å²) in [5.74, 6) is 0.990. The van der Waals surface area contributed by atoms with Gasteiger partial charge in [-0.05, 0) is 29.3 Å². The molecule has 0 aromatic carbocycles. The van der Waals surface area contributed by atoms with Gasteiger partial charge in [0.1, 0.15) is 0 Å². The standard InChI is InChI=1S/C7H12N6/c8-12-10-4-6-1-2-7(3-6)5-11-13-9/h6-7H,1-5H2/t6-,7+. The van der Waals surface area contributed by atoms with Crippen LogP contribution in [0.3, 0.4) is 0 Å². The summed E-state index contributed by atoms with van der Waals surface area (Å²) in [4.78, 5) is 5.46. The molecule has 1 aliphatic rings. The molecular formula is C7H12N6. The van der Waals surface area contributed by atoms with Crippen LogP contribution in [0.25, 0.3) is 20.9 Å². The maximum Gasteiger partial charge on any atom is 0.0286 e. The second kappa shape index (κ2) is 5.30. The highest BCUT2D eigenvalue weighted by Crippen LogP contribution is 2.31. The van der Waals surface area contributed by atoms with Gasteiger partial charge in [0.2, 0.25) is 0 Å². The lowest BCUT2D eigenvalue weighted by Gasteiger charge is -2.05. The van der Waals surface area contributed by atoms with Crippen molar-refractivity contribution < 1.29 is 0 Å². The van der Waals surface area contributed by atoms with Crippen molar-refractivity contribution in [2.75, 3.05) is 13.1 Å². The maximum absolute atomic E-state index is 8.13. The minimum absolute atomic E-state index is 0.495. The van der Waals surface area contributed by atoms with Gasteiger partial charge in [-0.15, -0.1) is 0 Å². The molecule has 1 fully saturated rings. The van der Waals surface area contributed by atoms with E-state index in [1.54, 1.807) is 0 Å². The Morgan fingerprint density at radius 1 is 1.00 bits per heavy atom. The monoisotopic (exact) mass is 180 g/mol. The third kappa shape index (κ3) is 3.23. The average Bonchev–Trinajstić information content (AvgIpc) is 2.59. The summed E-state index contributed by atoms with van der Waals surface area (Å²) in [6.45, 7) is 1.17. The minimum atomic E-state index is 0.495. The predicted octanol–water partition coefficient (Wildman–Crippen LogP) is 3.02. The van der Waals surface area contributed by atoms with E-state index in [1.807, 2.05) is 0 Å². The third-order valence-corrected chi connectivity index (χ3v) is 2.46. The number of rotatable bonds is 4. The molecule has 70 valence electrons. The van der Waals surface area contributed by atoms with Crippen molar-refractivity contribution in [2.24, 2.45) is 22.1 Å². The summed E-state index contributed by atoms with van der Waals surface area (Å²) in [5, 5.41) is 7.09. The molecule has 2 atom stereocenters. The van der Waals surface area contributed by atoms with Crippen LogP contribution in [0.1, 0.15) is 19.3 Å². The second-order valence-corrected chi connectivity index (χ2v) is 3.37. The van der Waals surface area contributed by atoms with Crippen molar-refractivity contribution >= 4 is 0 Å². The SMILES string of the molecule is [N-]=[N+]=NC[C@H]1CC[C@@H](CN=[N+]=[N-])C1. The molecule has 0 radical (unpaired) electrons. The topological polar surface area (TPSA) is 97.5 Å². The maximum atomic E-state index is 8.13. The lowest BCUT2D eigenvalue weighted by Crippen LogP contribution is -2.01. The molecule has 6 nitrogen and oxygen atoms in total. The number of hydrogen-bond acceptors (Lipinski definition) is 2. The predicted molar refractivity (Wildman–Crippen MR) is 48.9 cm³/mol. The first-order chi connectivity index (χ1) is 6.36. The molecule has 0 heterocycles. The van der Waals surface area contributed by atoms with Crippen LogP contribution in [-0.4, -0.2) is 13.1 Å². The van der Waals surface area contributed by atoms with Crippen LogP contribution >= 0.6 is 0 Å². The van der Waals surface area contributed by atoms with E-state index in [9.17, 15) is 0 Å². The third-order valence-electron chi connectivity index (χ3n) is 2.46. The summed E-state index contributed by atoms with van der Waals surface area (Å²) in [5.41, 5.74) is 16.3. The molecule has 0 saturated heterocycles. The van der Waals surface area contributed by atoms with Crippen molar-refractivity contribution in [3.8, 4) is 0 Å². The highest BCUT2D eigenvalue weighted by Gasteiger charge is 2.23. The van der Waals surface area contributed by atoms with E-state index in [0.717, 1.165) is 19.3 Å². The summed E-state index contributed by atoms with van der Waals surface area (Å²) >= 11 is 0. The van der Waals surface area contributed by atoms with Crippen molar-refractivity contribution in [3.63, 3.8) is 0 Å². The molecular weight excluding hydrogens is 168 g/mol. The largest absolute Gasteiger partial charge is 0.0937 e. The molecule has 0 amide bonds. The van der Waals surface area contributed by atoms with Crippen LogP contribution in [0.5, 0.6) is 0 Å². The summed E-state index contributed by atoms with van der Waals surface area (Å²) < 4.78 is 0. The minimum Gasteiger partial charge on any atom is -0.0937 e. The fourth-order valence-corrected chi connectivity index (χ4v) is 1.81. The van der Waals surface area contributed by atoms with Crippen LogP contribution in [0.4, 0.5) is 0 Å². The fourth-order valence-electron chi connectivity index (χ4n) is 1.81. The number of nitrogens with zero attached hydrogens (tertiary/aromatic N) is 6. The van der Waals surface area contributed by atoms with Crippen molar-refractivity contribution in [3.05, 3.63) is 20.9 Å². The first-order valence-electron chi connectivity index (χ1n) is 4.38. The normalized spacial score (nSPS) is 26.2. The van der Waals surface area contributed by atoms with E-state index in [-0.39, 0.29) is 0 Å². The Bertz CT molecular complexity index is 224. The molecule has 6 heteroatoms. The van der Waals surface area contributed by atoms with Gasteiger partial charge < -0.3 is 0 Å². The lowest BCUT2D eigenvalue weighted by molar-refractivity contribution is 0.504. The first-order valence-corrected chi connectivity index (χ1v) is 4.38. The van der Waals surface area contributed by atoms with Gasteiger partial charge in [0.25, 0.3) is 0 Å². The number of azide groups is 2. The molecule has 0 spiro atoms. The molecule has 0 bridgehead atoms. The van der Waals surface area contributed by atoms with E-state index >= 15 is 0 Å². The molecule has 0 aromatic heterocycles. The Morgan fingerprint density at radius 2 is 1.46 bits per heavy atom. The summed E-state index contributed by atoms with van der Waals surface area (Å²) in [7, 11) is 0. The van der Waals surface area contributed by atoms with E-state index < -0.39 is 0 Å². The van der Waals surface area contributed by atoms with Gasteiger partial charge in [0.15, 0.2) is 0 Å². The molecule has 0 aliphatic heterocycles. The molecule has 0 aromatic rings. The van der Waals surface area contributed by atoms with E-state index in [4.69, 9.17) is 11.1 Å². The van der Waals surface area contributed by atoms with E-state index in [0.29, 0.717) is 24.9 Å². The Morgan fingerprint density at radius 3 is 1.85 bits per heavy atom. The summed E-state index contributed by atoms with van der Waals surface area (Å²) in [6.07, 6.45) is 3.20. The van der Waals surface area contributed by atoms with E-state index in [1.165, 1.54) is 0 Å². The zero-order valence-electron chi connectivity index (χ0n) is 7.37. The van der Waals surface area contributed by atoms with E-state index in [2.05, 4.69) is 20.1 Å². The fraction of sp³-hybridized carbons (Fsp3) is 1.00. The Kier molecular flexibility index (Phi) is 3.96. The van der Waals surface area contributed by atoms with Gasteiger partial charge in [-0.2, -0.15) is 0 Å². The average molecular weight is 180 g/mol. The zero-order valence-corrected chi connectivity index (χ0v) is 7.37. The highest BCUT2D eigenvalue weighted by molar-refractivity contribution is 4.78. The zero-order chi connectivity index (χ0) is 9.52. The Labute approximate surface area is 76.2 Å². The lowest BCUT2D eigenvalue weighted by atomic mass is 10.1. The van der Waals surface area contributed by atoms with Gasteiger partial charge in [-0.25, -0.2) is 0 Å². The van der Waals surface area contributed by atoms with Gasteiger partial charge in [-0.3, -0.25) is 0 Å². The molecule has 1 rings (SSSR count). The van der Waals surface area contributed by atoms with Gasteiger partial charge >= 0.3 is 0 Å². The molecule has 13 heavy (non-hydrogen) atoms. The van der Waals surface area contributed by atoms with Crippen LogP contribution in [0.2, 0.25) is 0 Å². The Hall–Kier alpha value is -1.38.